The number of hydrogen-bond acceptors (Lipinski definition) is 6. The SMILES string of the molecule is Cc1cccc(C(C(=O)NC2CCCCC2)N(C(=O)C(CS)NC(=O)OC(C)(C)C)C2CC2C)c1O. The van der Waals surface area contributed by atoms with Crippen molar-refractivity contribution in [1.29, 1.82) is 0 Å². The fraction of sp³-hybridized carbons (Fsp3) is 0.667. The second kappa shape index (κ2) is 11.8. The topological polar surface area (TPSA) is 108 Å². The molecule has 3 N–H and O–H groups in total. The molecule has 0 bridgehead atoms. The number of aromatic hydroxyl groups is 1. The minimum absolute atomic E-state index is 0.00470. The van der Waals surface area contributed by atoms with E-state index in [0.717, 1.165) is 38.5 Å². The van der Waals surface area contributed by atoms with E-state index in [2.05, 4.69) is 23.3 Å². The Balaban J connectivity index is 1.96. The molecule has 4 atom stereocenters. The monoisotopic (exact) mass is 519 g/mol. The van der Waals surface area contributed by atoms with Gasteiger partial charge in [0.15, 0.2) is 0 Å². The first-order valence-corrected chi connectivity index (χ1v) is 13.6. The lowest BCUT2D eigenvalue weighted by Gasteiger charge is -2.36. The Morgan fingerprint density at radius 2 is 1.83 bits per heavy atom. The van der Waals surface area contributed by atoms with Gasteiger partial charge in [-0.2, -0.15) is 12.6 Å². The third kappa shape index (κ3) is 7.08. The maximum atomic E-state index is 14.0. The van der Waals surface area contributed by atoms with Crippen molar-refractivity contribution >= 4 is 30.5 Å². The zero-order valence-electron chi connectivity index (χ0n) is 22.0. The summed E-state index contributed by atoms with van der Waals surface area (Å²) in [7, 11) is 0. The lowest BCUT2D eigenvalue weighted by atomic mass is 9.94. The highest BCUT2D eigenvalue weighted by Crippen LogP contribution is 2.43. The van der Waals surface area contributed by atoms with Gasteiger partial charge in [0.1, 0.15) is 23.4 Å². The summed E-state index contributed by atoms with van der Waals surface area (Å²) < 4.78 is 5.35. The van der Waals surface area contributed by atoms with Crippen molar-refractivity contribution < 1.29 is 24.2 Å². The highest BCUT2D eigenvalue weighted by atomic mass is 32.1. The molecule has 3 amide bonds. The van der Waals surface area contributed by atoms with Crippen LogP contribution in [0.25, 0.3) is 0 Å². The molecule has 0 aliphatic heterocycles. The van der Waals surface area contributed by atoms with Crippen LogP contribution in [0.5, 0.6) is 5.75 Å². The molecule has 4 unspecified atom stereocenters. The number of nitrogens with one attached hydrogen (secondary N) is 2. The van der Waals surface area contributed by atoms with E-state index in [-0.39, 0.29) is 35.4 Å². The van der Waals surface area contributed by atoms with Crippen LogP contribution >= 0.6 is 12.6 Å². The number of hydrogen-bond donors (Lipinski definition) is 4. The molecule has 2 aliphatic carbocycles. The number of alkyl carbamates (subject to hydrolysis) is 1. The smallest absolute Gasteiger partial charge is 0.408 e. The van der Waals surface area contributed by atoms with E-state index in [4.69, 9.17) is 4.74 Å². The average Bonchev–Trinajstić information content (AvgIpc) is 3.52. The zero-order chi connectivity index (χ0) is 26.6. The molecule has 0 aromatic heterocycles. The van der Waals surface area contributed by atoms with Crippen LogP contribution in [0.15, 0.2) is 18.2 Å². The van der Waals surface area contributed by atoms with Gasteiger partial charge in [-0.1, -0.05) is 44.4 Å². The minimum atomic E-state index is -1.03. The van der Waals surface area contributed by atoms with Gasteiger partial charge < -0.3 is 25.4 Å². The van der Waals surface area contributed by atoms with Crippen LogP contribution in [0.4, 0.5) is 4.79 Å². The average molecular weight is 520 g/mol. The Morgan fingerprint density at radius 3 is 2.39 bits per heavy atom. The molecule has 1 aromatic rings. The number of thiol groups is 1. The third-order valence-corrected chi connectivity index (χ3v) is 7.26. The van der Waals surface area contributed by atoms with E-state index < -0.39 is 29.7 Å². The molecule has 2 aliphatic rings. The number of carbonyl (C=O) groups is 3. The van der Waals surface area contributed by atoms with Gasteiger partial charge in [0.25, 0.3) is 0 Å². The van der Waals surface area contributed by atoms with E-state index in [1.165, 1.54) is 0 Å². The summed E-state index contributed by atoms with van der Waals surface area (Å²) >= 11 is 4.33. The minimum Gasteiger partial charge on any atom is -0.507 e. The number of carbonyl (C=O) groups excluding carboxylic acids is 3. The Kier molecular flexibility index (Phi) is 9.19. The van der Waals surface area contributed by atoms with Crippen LogP contribution in [-0.4, -0.2) is 57.4 Å². The molecule has 200 valence electrons. The standard InChI is InChI=1S/C27H41N3O5S/c1-16-10-9-13-19(23(16)31)22(24(32)28-18-11-7-6-8-12-18)30(21-14-17(21)2)25(33)20(15-36)29-26(34)35-27(3,4)5/h9-10,13,17-18,20-22,31,36H,6-8,11-12,14-15H2,1-5H3,(H,28,32)(H,29,34). The normalized spacial score (nSPS) is 21.7. The molecule has 36 heavy (non-hydrogen) atoms. The number of benzene rings is 1. The van der Waals surface area contributed by atoms with Crippen LogP contribution in [0.1, 0.15) is 83.4 Å². The maximum absolute atomic E-state index is 14.0. The summed E-state index contributed by atoms with van der Waals surface area (Å²) in [6.07, 6.45) is 5.05. The number of rotatable bonds is 8. The molecular weight excluding hydrogens is 478 g/mol. The predicted molar refractivity (Wildman–Crippen MR) is 142 cm³/mol. The van der Waals surface area contributed by atoms with Crippen LogP contribution in [0, 0.1) is 12.8 Å². The number of phenolic OH excluding ortho intramolecular Hbond substituents is 1. The summed E-state index contributed by atoms with van der Waals surface area (Å²) in [6, 6.07) is 3.06. The number of nitrogens with zero attached hydrogens (tertiary/aromatic N) is 1. The second-order valence-corrected chi connectivity index (χ2v) is 11.5. The number of phenols is 1. The van der Waals surface area contributed by atoms with Gasteiger partial charge in [-0.3, -0.25) is 9.59 Å². The van der Waals surface area contributed by atoms with Crippen LogP contribution < -0.4 is 10.6 Å². The maximum Gasteiger partial charge on any atom is 0.408 e. The molecule has 0 saturated heterocycles. The van der Waals surface area contributed by atoms with Crippen molar-refractivity contribution in [1.82, 2.24) is 15.5 Å². The third-order valence-electron chi connectivity index (χ3n) is 6.89. The highest BCUT2D eigenvalue weighted by molar-refractivity contribution is 7.80. The molecule has 0 heterocycles. The molecule has 2 fully saturated rings. The Morgan fingerprint density at radius 1 is 1.19 bits per heavy atom. The molecule has 0 radical (unpaired) electrons. The number of para-hydroxylation sites is 1. The number of ether oxygens (including phenoxy) is 1. The van der Waals surface area contributed by atoms with Crippen molar-refractivity contribution in [3.63, 3.8) is 0 Å². The summed E-state index contributed by atoms with van der Waals surface area (Å²) in [4.78, 5) is 41.8. The summed E-state index contributed by atoms with van der Waals surface area (Å²) in [5.74, 6) is -0.518. The lowest BCUT2D eigenvalue weighted by molar-refractivity contribution is -0.143. The molecule has 9 heteroatoms. The summed E-state index contributed by atoms with van der Waals surface area (Å²) in [5, 5.41) is 16.7. The van der Waals surface area contributed by atoms with E-state index in [1.807, 2.05) is 6.92 Å². The molecular formula is C27H41N3O5S. The van der Waals surface area contributed by atoms with Gasteiger partial charge in [-0.15, -0.1) is 0 Å². The van der Waals surface area contributed by atoms with Gasteiger partial charge in [0, 0.05) is 23.4 Å². The van der Waals surface area contributed by atoms with Gasteiger partial charge in [0.2, 0.25) is 11.8 Å². The lowest BCUT2D eigenvalue weighted by Crippen LogP contribution is -2.55. The van der Waals surface area contributed by atoms with Crippen molar-refractivity contribution in [2.24, 2.45) is 5.92 Å². The number of amides is 3. The summed E-state index contributed by atoms with van der Waals surface area (Å²) in [6.45, 7) is 9.02. The molecule has 8 nitrogen and oxygen atoms in total. The predicted octanol–water partition coefficient (Wildman–Crippen LogP) is 4.25. The van der Waals surface area contributed by atoms with E-state index in [9.17, 15) is 19.5 Å². The van der Waals surface area contributed by atoms with E-state index in [1.54, 1.807) is 50.8 Å². The van der Waals surface area contributed by atoms with Gasteiger partial charge in [-0.25, -0.2) is 4.79 Å². The van der Waals surface area contributed by atoms with Crippen LogP contribution in [0.3, 0.4) is 0 Å². The first kappa shape index (κ1) is 28.2. The first-order valence-electron chi connectivity index (χ1n) is 12.9. The Labute approximate surface area is 219 Å². The van der Waals surface area contributed by atoms with Crippen LogP contribution in [-0.2, 0) is 14.3 Å². The van der Waals surface area contributed by atoms with Crippen LogP contribution in [0.2, 0.25) is 0 Å². The molecule has 0 spiro atoms. The first-order chi connectivity index (χ1) is 16.9. The van der Waals surface area contributed by atoms with Gasteiger partial charge in [0.05, 0.1) is 0 Å². The van der Waals surface area contributed by atoms with Gasteiger partial charge in [-0.05, 0) is 58.4 Å². The highest BCUT2D eigenvalue weighted by Gasteiger charge is 2.49. The van der Waals surface area contributed by atoms with Crippen molar-refractivity contribution in [3.05, 3.63) is 29.3 Å². The largest absolute Gasteiger partial charge is 0.507 e. The fourth-order valence-corrected chi connectivity index (χ4v) is 5.08. The van der Waals surface area contributed by atoms with E-state index in [0.29, 0.717) is 11.1 Å². The second-order valence-electron chi connectivity index (χ2n) is 11.2. The quantitative estimate of drug-likeness (QED) is 0.384. The van der Waals surface area contributed by atoms with Crippen molar-refractivity contribution in [2.75, 3.05) is 5.75 Å². The molecule has 3 rings (SSSR count). The Bertz CT molecular complexity index is 957. The summed E-state index contributed by atoms with van der Waals surface area (Å²) in [5.41, 5.74) is 0.275. The fourth-order valence-electron chi connectivity index (χ4n) is 4.83. The Hall–Kier alpha value is -2.42. The molecule has 2 saturated carbocycles. The van der Waals surface area contributed by atoms with Gasteiger partial charge >= 0.3 is 6.09 Å². The van der Waals surface area contributed by atoms with Crippen molar-refractivity contribution in [3.8, 4) is 5.75 Å². The van der Waals surface area contributed by atoms with E-state index >= 15 is 0 Å². The number of aryl methyl sites for hydroxylation is 1. The molecule has 1 aromatic carbocycles. The van der Waals surface area contributed by atoms with Crippen molar-refractivity contribution in [2.45, 2.75) is 103 Å². The zero-order valence-corrected chi connectivity index (χ0v) is 22.9.